The third-order valence-corrected chi connectivity index (χ3v) is 5.94. The van der Waals surface area contributed by atoms with Crippen molar-refractivity contribution in [2.24, 2.45) is 0 Å². The molecule has 0 aliphatic rings. The van der Waals surface area contributed by atoms with Crippen LogP contribution in [0.5, 0.6) is 0 Å². The summed E-state index contributed by atoms with van der Waals surface area (Å²) in [5.74, 6) is -2.13. The molecule has 0 aliphatic heterocycles. The molecule has 0 aliphatic carbocycles. The third kappa shape index (κ3) is 6.67. The minimum absolute atomic E-state index is 0.00711. The SMILES string of the molecule is O=C(O)CCN(Cc1cccnc1)C(=O)c1ccccc1-c1ccccc1C(=O)NCc1cccc(F)c1. The first-order valence-corrected chi connectivity index (χ1v) is 12.0. The van der Waals surface area contributed by atoms with Crippen molar-refractivity contribution in [2.75, 3.05) is 6.54 Å². The van der Waals surface area contributed by atoms with Crippen molar-refractivity contribution in [3.63, 3.8) is 0 Å². The van der Waals surface area contributed by atoms with Gasteiger partial charge < -0.3 is 15.3 Å². The summed E-state index contributed by atoms with van der Waals surface area (Å²) in [5, 5.41) is 12.1. The number of halogens is 1. The number of carboxylic acid groups (broad SMARTS) is 1. The molecule has 1 heterocycles. The molecule has 0 spiro atoms. The van der Waals surface area contributed by atoms with Crippen LogP contribution in [0.2, 0.25) is 0 Å². The molecule has 4 aromatic rings. The summed E-state index contributed by atoms with van der Waals surface area (Å²) in [6, 6.07) is 23.4. The number of hydrogen-bond acceptors (Lipinski definition) is 4. The predicted octanol–water partition coefficient (Wildman–Crippen LogP) is 4.93. The van der Waals surface area contributed by atoms with E-state index in [9.17, 15) is 23.9 Å². The highest BCUT2D eigenvalue weighted by Crippen LogP contribution is 2.29. The standard InChI is InChI=1S/C30H26FN3O4/c31-23-9-5-7-21(17-23)19-33-29(37)26-12-3-1-10-24(26)25-11-2-4-13-27(25)30(38)34(16-14-28(35)36)20-22-8-6-15-32-18-22/h1-13,15,17-18H,14,16,19-20H2,(H,33,37)(H,35,36). The van der Waals surface area contributed by atoms with Crippen LogP contribution in [0.3, 0.4) is 0 Å². The van der Waals surface area contributed by atoms with Crippen LogP contribution in [0.1, 0.15) is 38.3 Å². The zero-order valence-electron chi connectivity index (χ0n) is 20.5. The number of benzene rings is 3. The molecular formula is C30H26FN3O4. The van der Waals surface area contributed by atoms with E-state index in [0.29, 0.717) is 27.8 Å². The molecule has 0 fully saturated rings. The van der Waals surface area contributed by atoms with Crippen LogP contribution in [0.15, 0.2) is 97.3 Å². The molecule has 2 amide bonds. The van der Waals surface area contributed by atoms with Gasteiger partial charge in [0.05, 0.1) is 6.42 Å². The number of nitrogens with zero attached hydrogens (tertiary/aromatic N) is 2. The highest BCUT2D eigenvalue weighted by atomic mass is 19.1. The van der Waals surface area contributed by atoms with Gasteiger partial charge in [0.2, 0.25) is 0 Å². The van der Waals surface area contributed by atoms with Gasteiger partial charge in [0.25, 0.3) is 11.8 Å². The molecule has 1 aromatic heterocycles. The first-order chi connectivity index (χ1) is 18.4. The average Bonchev–Trinajstić information content (AvgIpc) is 2.94. The molecule has 3 aromatic carbocycles. The van der Waals surface area contributed by atoms with Gasteiger partial charge in [-0.15, -0.1) is 0 Å². The van der Waals surface area contributed by atoms with E-state index in [2.05, 4.69) is 10.3 Å². The lowest BCUT2D eigenvalue weighted by molar-refractivity contribution is -0.137. The Balaban J connectivity index is 1.64. The normalized spacial score (nSPS) is 10.6. The third-order valence-electron chi connectivity index (χ3n) is 5.94. The Morgan fingerprint density at radius 3 is 2.21 bits per heavy atom. The topological polar surface area (TPSA) is 99.6 Å². The van der Waals surface area contributed by atoms with E-state index in [0.717, 1.165) is 5.56 Å². The number of rotatable bonds is 10. The van der Waals surface area contributed by atoms with Crippen molar-refractivity contribution < 1.29 is 23.9 Å². The van der Waals surface area contributed by atoms with E-state index in [1.165, 1.54) is 17.0 Å². The molecule has 0 saturated carbocycles. The van der Waals surface area contributed by atoms with Gasteiger partial charge in [-0.05, 0) is 52.6 Å². The average molecular weight is 512 g/mol. The summed E-state index contributed by atoms with van der Waals surface area (Å²) in [4.78, 5) is 43.8. The fourth-order valence-corrected chi connectivity index (χ4v) is 4.11. The number of nitrogens with one attached hydrogen (secondary N) is 1. The summed E-state index contributed by atoms with van der Waals surface area (Å²) < 4.78 is 13.5. The van der Waals surface area contributed by atoms with E-state index in [1.807, 2.05) is 6.07 Å². The molecule has 0 saturated heterocycles. The monoisotopic (exact) mass is 511 g/mol. The van der Waals surface area contributed by atoms with E-state index < -0.39 is 5.97 Å². The summed E-state index contributed by atoms with van der Waals surface area (Å²) in [7, 11) is 0. The molecule has 0 atom stereocenters. The second-order valence-electron chi connectivity index (χ2n) is 8.64. The molecular weight excluding hydrogens is 485 g/mol. The molecule has 0 unspecified atom stereocenters. The van der Waals surface area contributed by atoms with Crippen LogP contribution in [0.25, 0.3) is 11.1 Å². The number of aromatic nitrogens is 1. The summed E-state index contributed by atoms with van der Waals surface area (Å²) in [6.07, 6.45) is 3.04. The van der Waals surface area contributed by atoms with Gasteiger partial charge in [-0.1, -0.05) is 54.6 Å². The maximum Gasteiger partial charge on any atom is 0.305 e. The number of hydrogen-bond donors (Lipinski definition) is 2. The van der Waals surface area contributed by atoms with Crippen LogP contribution in [-0.2, 0) is 17.9 Å². The zero-order valence-corrected chi connectivity index (χ0v) is 20.5. The summed E-state index contributed by atoms with van der Waals surface area (Å²) >= 11 is 0. The zero-order chi connectivity index (χ0) is 26.9. The Bertz CT molecular complexity index is 1440. The van der Waals surface area contributed by atoms with Crippen molar-refractivity contribution in [1.82, 2.24) is 15.2 Å². The quantitative estimate of drug-likeness (QED) is 0.314. The molecule has 192 valence electrons. The predicted molar refractivity (Wildman–Crippen MR) is 141 cm³/mol. The minimum atomic E-state index is -1.01. The van der Waals surface area contributed by atoms with Crippen LogP contribution >= 0.6 is 0 Å². The fourth-order valence-electron chi connectivity index (χ4n) is 4.11. The van der Waals surface area contributed by atoms with E-state index in [-0.39, 0.29) is 43.7 Å². The van der Waals surface area contributed by atoms with Gasteiger partial charge in [-0.2, -0.15) is 0 Å². The molecule has 2 N–H and O–H groups in total. The van der Waals surface area contributed by atoms with Gasteiger partial charge in [0.1, 0.15) is 5.82 Å². The second-order valence-corrected chi connectivity index (χ2v) is 8.64. The lowest BCUT2D eigenvalue weighted by Crippen LogP contribution is -2.33. The Kier molecular flexibility index (Phi) is 8.56. The van der Waals surface area contributed by atoms with Crippen molar-refractivity contribution in [2.45, 2.75) is 19.5 Å². The number of aliphatic carboxylic acids is 1. The Labute approximate surface area is 219 Å². The summed E-state index contributed by atoms with van der Waals surface area (Å²) in [6.45, 7) is 0.330. The first-order valence-electron chi connectivity index (χ1n) is 12.0. The highest BCUT2D eigenvalue weighted by molar-refractivity contribution is 6.06. The second kappa shape index (κ2) is 12.4. The molecule has 38 heavy (non-hydrogen) atoms. The highest BCUT2D eigenvalue weighted by Gasteiger charge is 2.23. The lowest BCUT2D eigenvalue weighted by atomic mass is 9.94. The van der Waals surface area contributed by atoms with E-state index >= 15 is 0 Å². The number of amides is 2. The van der Waals surface area contributed by atoms with Gasteiger partial charge in [0, 0.05) is 43.2 Å². The smallest absolute Gasteiger partial charge is 0.305 e. The van der Waals surface area contributed by atoms with Gasteiger partial charge in [-0.25, -0.2) is 4.39 Å². The first kappa shape index (κ1) is 26.2. The molecule has 8 heteroatoms. The maximum atomic E-state index is 13.8. The Morgan fingerprint density at radius 1 is 0.842 bits per heavy atom. The number of pyridine rings is 1. The van der Waals surface area contributed by atoms with Crippen molar-refractivity contribution in [1.29, 1.82) is 0 Å². The van der Waals surface area contributed by atoms with Crippen molar-refractivity contribution in [3.05, 3.63) is 125 Å². The van der Waals surface area contributed by atoms with Crippen LogP contribution in [0, 0.1) is 5.82 Å². The van der Waals surface area contributed by atoms with Crippen LogP contribution < -0.4 is 5.32 Å². The molecule has 0 radical (unpaired) electrons. The lowest BCUT2D eigenvalue weighted by Gasteiger charge is -2.24. The van der Waals surface area contributed by atoms with Gasteiger partial charge in [0.15, 0.2) is 0 Å². The number of carboxylic acids is 1. The fraction of sp³-hybridized carbons (Fsp3) is 0.133. The Hall–Kier alpha value is -4.85. The molecule has 0 bridgehead atoms. The van der Waals surface area contributed by atoms with Crippen LogP contribution in [0.4, 0.5) is 4.39 Å². The van der Waals surface area contributed by atoms with Crippen molar-refractivity contribution in [3.8, 4) is 11.1 Å². The molecule has 4 rings (SSSR count). The van der Waals surface area contributed by atoms with Crippen molar-refractivity contribution >= 4 is 17.8 Å². The van der Waals surface area contributed by atoms with E-state index in [1.54, 1.807) is 79.1 Å². The number of carbonyl (C=O) groups is 3. The molecule has 7 nitrogen and oxygen atoms in total. The van der Waals surface area contributed by atoms with Crippen LogP contribution in [-0.4, -0.2) is 39.3 Å². The van der Waals surface area contributed by atoms with Gasteiger partial charge in [-0.3, -0.25) is 19.4 Å². The maximum absolute atomic E-state index is 13.8. The number of carbonyl (C=O) groups excluding carboxylic acids is 2. The minimum Gasteiger partial charge on any atom is -0.481 e. The van der Waals surface area contributed by atoms with Gasteiger partial charge >= 0.3 is 5.97 Å². The largest absolute Gasteiger partial charge is 0.481 e. The Morgan fingerprint density at radius 2 is 1.53 bits per heavy atom. The summed E-state index contributed by atoms with van der Waals surface area (Å²) in [5.41, 5.74) is 3.17. The van der Waals surface area contributed by atoms with E-state index in [4.69, 9.17) is 0 Å².